The number of allylic oxidation sites excluding steroid dienone is 1. The monoisotopic (exact) mass is 371 g/mol. The zero-order valence-electron chi connectivity index (χ0n) is 12.6. The Hall–Kier alpha value is -1.57. The molecule has 9 heteroatoms. The van der Waals surface area contributed by atoms with Crippen LogP contribution in [-0.4, -0.2) is 31.4 Å². The lowest BCUT2D eigenvalue weighted by molar-refractivity contribution is -0.113. The molecule has 0 aliphatic carbocycles. The van der Waals surface area contributed by atoms with Crippen LogP contribution in [0.2, 0.25) is 10.0 Å². The number of hydrogen-bond donors (Lipinski definition) is 1. The molecule has 2 rings (SSSR count). The van der Waals surface area contributed by atoms with Crippen molar-refractivity contribution in [2.24, 2.45) is 0 Å². The second-order valence-electron chi connectivity index (χ2n) is 4.66. The first-order valence-electron chi connectivity index (χ1n) is 6.68. The van der Waals surface area contributed by atoms with Crippen molar-refractivity contribution >= 4 is 46.7 Å². The van der Waals surface area contributed by atoms with E-state index in [0.717, 1.165) is 5.82 Å². The number of pyridine rings is 1. The summed E-state index contributed by atoms with van der Waals surface area (Å²) in [6.45, 7) is 7.89. The molecule has 0 aromatic carbocycles. The Balaban J connectivity index is 2.01. The highest BCUT2D eigenvalue weighted by molar-refractivity contribution is 7.99. The fourth-order valence-corrected chi connectivity index (χ4v) is 2.93. The number of rotatable bonds is 6. The van der Waals surface area contributed by atoms with Crippen LogP contribution in [0.5, 0.6) is 0 Å². The van der Waals surface area contributed by atoms with Crippen LogP contribution in [-0.2, 0) is 11.3 Å². The van der Waals surface area contributed by atoms with E-state index >= 15 is 0 Å². The Morgan fingerprint density at radius 3 is 2.87 bits per heavy atom. The third-order valence-electron chi connectivity index (χ3n) is 3.01. The van der Waals surface area contributed by atoms with E-state index in [1.165, 1.54) is 18.0 Å². The summed E-state index contributed by atoms with van der Waals surface area (Å²) in [5.41, 5.74) is 0.674. The first kappa shape index (κ1) is 17.8. The topological polar surface area (TPSA) is 72.7 Å². The Bertz CT molecular complexity index is 747. The maximum Gasteiger partial charge on any atom is 0.236 e. The molecule has 0 aliphatic rings. The minimum absolute atomic E-state index is 0.162. The van der Waals surface area contributed by atoms with Crippen molar-refractivity contribution in [3.05, 3.63) is 40.3 Å². The standard InChI is InChI=1S/C14H15Cl2N5OS/c1-4-5-21-9(3)19-20-14(21)23-7-11(22)18-13-12(16)8(2)10(15)6-17-13/h4,6H,1,5,7H2,2-3H3,(H,17,18,22). The van der Waals surface area contributed by atoms with Crippen molar-refractivity contribution in [1.82, 2.24) is 19.7 Å². The van der Waals surface area contributed by atoms with Crippen LogP contribution >= 0.6 is 35.0 Å². The predicted octanol–water partition coefficient (Wildman–Crippen LogP) is 3.51. The minimum atomic E-state index is -0.239. The van der Waals surface area contributed by atoms with Gasteiger partial charge in [-0.2, -0.15) is 0 Å². The van der Waals surface area contributed by atoms with E-state index in [1.807, 2.05) is 11.5 Å². The fourth-order valence-electron chi connectivity index (χ4n) is 1.75. The van der Waals surface area contributed by atoms with Crippen molar-refractivity contribution in [2.75, 3.05) is 11.1 Å². The average molecular weight is 372 g/mol. The van der Waals surface area contributed by atoms with Crippen LogP contribution in [0, 0.1) is 13.8 Å². The molecule has 2 aromatic heterocycles. The molecule has 0 unspecified atom stereocenters. The van der Waals surface area contributed by atoms with Crippen LogP contribution in [0.4, 0.5) is 5.82 Å². The van der Waals surface area contributed by atoms with Gasteiger partial charge in [-0.05, 0) is 19.4 Å². The second kappa shape index (κ2) is 7.81. The molecule has 0 atom stereocenters. The largest absolute Gasteiger partial charge is 0.309 e. The molecule has 0 radical (unpaired) electrons. The summed E-state index contributed by atoms with van der Waals surface area (Å²) in [6.07, 6.45) is 3.20. The summed E-state index contributed by atoms with van der Waals surface area (Å²) < 4.78 is 1.88. The number of amides is 1. The fraction of sp³-hybridized carbons (Fsp3) is 0.286. The van der Waals surface area contributed by atoms with Crippen molar-refractivity contribution in [1.29, 1.82) is 0 Å². The van der Waals surface area contributed by atoms with Crippen molar-refractivity contribution in [2.45, 2.75) is 25.5 Å². The number of nitrogens with zero attached hydrogens (tertiary/aromatic N) is 4. The number of aromatic nitrogens is 4. The van der Waals surface area contributed by atoms with Gasteiger partial charge in [-0.1, -0.05) is 41.0 Å². The molecule has 0 bridgehead atoms. The van der Waals surface area contributed by atoms with Crippen molar-refractivity contribution < 1.29 is 4.79 Å². The molecule has 6 nitrogen and oxygen atoms in total. The van der Waals surface area contributed by atoms with Gasteiger partial charge in [-0.25, -0.2) is 4.98 Å². The molecule has 122 valence electrons. The summed E-state index contributed by atoms with van der Waals surface area (Å²) in [6, 6.07) is 0. The SMILES string of the molecule is C=CCn1c(C)nnc1SCC(=O)Nc1ncc(Cl)c(C)c1Cl. The zero-order valence-corrected chi connectivity index (χ0v) is 15.0. The molecule has 1 N–H and O–H groups in total. The highest BCUT2D eigenvalue weighted by atomic mass is 35.5. The van der Waals surface area contributed by atoms with Gasteiger partial charge in [0, 0.05) is 12.7 Å². The molecule has 0 fully saturated rings. The average Bonchev–Trinajstić information content (AvgIpc) is 2.87. The van der Waals surface area contributed by atoms with Crippen molar-refractivity contribution in [3.8, 4) is 0 Å². The lowest BCUT2D eigenvalue weighted by atomic mass is 10.3. The van der Waals surface area contributed by atoms with Crippen LogP contribution in [0.3, 0.4) is 0 Å². The molecule has 2 aromatic rings. The van der Waals surface area contributed by atoms with E-state index in [0.29, 0.717) is 33.1 Å². The number of carbonyl (C=O) groups is 1. The molecule has 0 saturated heterocycles. The zero-order chi connectivity index (χ0) is 17.0. The maximum atomic E-state index is 12.1. The molecule has 0 aliphatic heterocycles. The quantitative estimate of drug-likeness (QED) is 0.621. The number of thioether (sulfide) groups is 1. The van der Waals surface area contributed by atoms with Crippen LogP contribution < -0.4 is 5.32 Å². The number of aryl methyl sites for hydroxylation is 1. The van der Waals surface area contributed by atoms with Crippen LogP contribution in [0.25, 0.3) is 0 Å². The third-order valence-corrected chi connectivity index (χ3v) is 4.82. The summed E-state index contributed by atoms with van der Waals surface area (Å²) in [7, 11) is 0. The number of halogens is 2. The van der Waals surface area contributed by atoms with Gasteiger partial charge in [0.1, 0.15) is 5.82 Å². The second-order valence-corrected chi connectivity index (χ2v) is 6.39. The van der Waals surface area contributed by atoms with E-state index in [2.05, 4.69) is 27.1 Å². The molecule has 2 heterocycles. The van der Waals surface area contributed by atoms with Gasteiger partial charge in [-0.15, -0.1) is 16.8 Å². The van der Waals surface area contributed by atoms with E-state index in [1.54, 1.807) is 13.0 Å². The minimum Gasteiger partial charge on any atom is -0.309 e. The van der Waals surface area contributed by atoms with E-state index < -0.39 is 0 Å². The smallest absolute Gasteiger partial charge is 0.236 e. The Kier molecular flexibility index (Phi) is 6.04. The van der Waals surface area contributed by atoms with Gasteiger partial charge in [0.25, 0.3) is 0 Å². The van der Waals surface area contributed by atoms with Gasteiger partial charge in [0.2, 0.25) is 5.91 Å². The molecule has 0 spiro atoms. The van der Waals surface area contributed by atoms with E-state index in [-0.39, 0.29) is 11.7 Å². The molecular weight excluding hydrogens is 357 g/mol. The molecule has 0 saturated carbocycles. The van der Waals surface area contributed by atoms with Gasteiger partial charge in [0.05, 0.1) is 15.8 Å². The summed E-state index contributed by atoms with van der Waals surface area (Å²) in [5.74, 6) is 0.986. The van der Waals surface area contributed by atoms with E-state index in [9.17, 15) is 4.79 Å². The Morgan fingerprint density at radius 2 is 2.17 bits per heavy atom. The van der Waals surface area contributed by atoms with Gasteiger partial charge in [0.15, 0.2) is 11.0 Å². The highest BCUT2D eigenvalue weighted by Crippen LogP contribution is 2.28. The molecular formula is C14H15Cl2N5OS. The van der Waals surface area contributed by atoms with Crippen LogP contribution in [0.15, 0.2) is 24.0 Å². The van der Waals surface area contributed by atoms with Gasteiger partial charge >= 0.3 is 0 Å². The predicted molar refractivity (Wildman–Crippen MR) is 93.3 cm³/mol. The third kappa shape index (κ3) is 4.25. The Labute approximate surface area is 148 Å². The lowest BCUT2D eigenvalue weighted by Gasteiger charge is -2.09. The normalized spacial score (nSPS) is 10.6. The number of hydrogen-bond acceptors (Lipinski definition) is 5. The number of anilines is 1. The summed E-state index contributed by atoms with van der Waals surface area (Å²) >= 11 is 13.3. The first-order chi connectivity index (χ1) is 10.9. The summed E-state index contributed by atoms with van der Waals surface area (Å²) in [4.78, 5) is 16.1. The maximum absolute atomic E-state index is 12.1. The van der Waals surface area contributed by atoms with Gasteiger partial charge in [-0.3, -0.25) is 4.79 Å². The number of nitrogens with one attached hydrogen (secondary N) is 1. The van der Waals surface area contributed by atoms with Crippen molar-refractivity contribution in [3.63, 3.8) is 0 Å². The molecule has 23 heavy (non-hydrogen) atoms. The lowest BCUT2D eigenvalue weighted by Crippen LogP contribution is -2.16. The van der Waals surface area contributed by atoms with Crippen LogP contribution in [0.1, 0.15) is 11.4 Å². The highest BCUT2D eigenvalue weighted by Gasteiger charge is 2.14. The summed E-state index contributed by atoms with van der Waals surface area (Å²) in [5, 5.41) is 12.2. The molecule has 1 amide bonds. The Morgan fingerprint density at radius 1 is 1.43 bits per heavy atom. The number of carbonyl (C=O) groups excluding carboxylic acids is 1. The van der Waals surface area contributed by atoms with Gasteiger partial charge < -0.3 is 9.88 Å². The first-order valence-corrected chi connectivity index (χ1v) is 8.42. The van der Waals surface area contributed by atoms with E-state index in [4.69, 9.17) is 23.2 Å².